The number of benzene rings is 1. The fraction of sp³-hybridized carbons (Fsp3) is 0.500. The minimum atomic E-state index is -0.346. The van der Waals surface area contributed by atoms with Gasteiger partial charge in [0.1, 0.15) is 6.61 Å². The summed E-state index contributed by atoms with van der Waals surface area (Å²) in [5.74, 6) is 0. The molecule has 1 aromatic carbocycles. The van der Waals surface area contributed by atoms with Crippen molar-refractivity contribution in [1.82, 2.24) is 4.90 Å². The Morgan fingerprint density at radius 2 is 2.05 bits per heavy atom. The molecule has 0 unspecified atom stereocenters. The summed E-state index contributed by atoms with van der Waals surface area (Å²) in [6.45, 7) is 1.97. The minimum absolute atomic E-state index is 0.107. The van der Waals surface area contributed by atoms with Crippen LogP contribution in [0.25, 0.3) is 0 Å². The Morgan fingerprint density at radius 1 is 1.33 bits per heavy atom. The lowest BCUT2D eigenvalue weighted by molar-refractivity contribution is 0.0249. The smallest absolute Gasteiger partial charge is 0.410 e. The van der Waals surface area contributed by atoms with Gasteiger partial charge < -0.3 is 14.4 Å². The number of nitrogens with zero attached hydrogens (tertiary/aromatic N) is 2. The molecule has 5 heteroatoms. The maximum Gasteiger partial charge on any atom is 0.410 e. The number of carbonyl (C=O) groups excluding carboxylic acids is 1. The molecule has 0 aromatic heterocycles. The highest BCUT2D eigenvalue weighted by molar-refractivity contribution is 5.68. The molecule has 1 heterocycles. The molecule has 0 aliphatic carbocycles. The highest BCUT2D eigenvalue weighted by Gasteiger charge is 2.26. The van der Waals surface area contributed by atoms with Gasteiger partial charge in [-0.15, -0.1) is 0 Å². The molecule has 5 nitrogen and oxygen atoms in total. The van der Waals surface area contributed by atoms with Gasteiger partial charge in [0.05, 0.1) is 12.5 Å². The van der Waals surface area contributed by atoms with E-state index in [0.29, 0.717) is 26.2 Å². The van der Waals surface area contributed by atoms with Crippen molar-refractivity contribution in [3.8, 4) is 6.07 Å². The predicted octanol–water partition coefficient (Wildman–Crippen LogP) is 2.72. The average molecular weight is 288 g/mol. The summed E-state index contributed by atoms with van der Waals surface area (Å²) in [7, 11) is 0. The highest BCUT2D eigenvalue weighted by atomic mass is 16.6. The molecule has 0 spiro atoms. The first kappa shape index (κ1) is 15.3. The molecule has 1 aliphatic heterocycles. The average Bonchev–Trinajstić information content (AvgIpc) is 2.55. The van der Waals surface area contributed by atoms with Crippen LogP contribution in [0.2, 0.25) is 0 Å². The zero-order chi connectivity index (χ0) is 14.9. The van der Waals surface area contributed by atoms with Gasteiger partial charge in [0.2, 0.25) is 0 Å². The van der Waals surface area contributed by atoms with Gasteiger partial charge in [-0.1, -0.05) is 30.3 Å². The molecule has 1 saturated heterocycles. The molecule has 0 atom stereocenters. The molecule has 0 bridgehead atoms. The second kappa shape index (κ2) is 8.28. The third kappa shape index (κ3) is 4.76. The van der Waals surface area contributed by atoms with Gasteiger partial charge in [0.25, 0.3) is 0 Å². The van der Waals surface area contributed by atoms with E-state index in [1.807, 2.05) is 30.3 Å². The van der Waals surface area contributed by atoms with Crippen molar-refractivity contribution in [2.75, 3.05) is 19.8 Å². The highest BCUT2D eigenvalue weighted by Crippen LogP contribution is 2.16. The lowest BCUT2D eigenvalue weighted by atomic mass is 10.1. The first-order chi connectivity index (χ1) is 10.3. The van der Waals surface area contributed by atoms with Crippen molar-refractivity contribution >= 4 is 6.09 Å². The Hall–Kier alpha value is -2.06. The monoisotopic (exact) mass is 288 g/mol. The number of hydrogen-bond acceptors (Lipinski definition) is 4. The van der Waals surface area contributed by atoms with Gasteiger partial charge in [-0.25, -0.2) is 4.79 Å². The normalized spacial score (nSPS) is 15.2. The van der Waals surface area contributed by atoms with E-state index in [2.05, 4.69) is 6.07 Å². The van der Waals surface area contributed by atoms with Gasteiger partial charge in [-0.05, 0) is 18.4 Å². The Morgan fingerprint density at radius 3 is 2.71 bits per heavy atom. The molecular formula is C16H20N2O3. The van der Waals surface area contributed by atoms with E-state index in [1.165, 1.54) is 0 Å². The van der Waals surface area contributed by atoms with Crippen molar-refractivity contribution < 1.29 is 14.3 Å². The van der Waals surface area contributed by atoms with Crippen LogP contribution in [0.5, 0.6) is 0 Å². The summed E-state index contributed by atoms with van der Waals surface area (Å²) in [4.78, 5) is 14.0. The number of carbonyl (C=O) groups is 1. The fourth-order valence-corrected chi connectivity index (χ4v) is 2.39. The van der Waals surface area contributed by atoms with Crippen LogP contribution in [0.1, 0.15) is 24.8 Å². The van der Waals surface area contributed by atoms with Crippen molar-refractivity contribution in [2.24, 2.45) is 0 Å². The zero-order valence-corrected chi connectivity index (χ0v) is 12.0. The number of amides is 1. The quantitative estimate of drug-likeness (QED) is 0.835. The lowest BCUT2D eigenvalue weighted by Gasteiger charge is -2.33. The van der Waals surface area contributed by atoms with Crippen LogP contribution in [0, 0.1) is 11.3 Å². The maximum atomic E-state index is 12.3. The summed E-state index contributed by atoms with van der Waals surface area (Å²) in [6.07, 6.45) is 1.57. The third-order valence-electron chi connectivity index (χ3n) is 3.54. The molecule has 0 radical (unpaired) electrons. The summed E-state index contributed by atoms with van der Waals surface area (Å²) >= 11 is 0. The Kier molecular flexibility index (Phi) is 6.04. The summed E-state index contributed by atoms with van der Waals surface area (Å²) < 4.78 is 10.7. The van der Waals surface area contributed by atoms with Gasteiger partial charge in [0, 0.05) is 25.8 Å². The molecule has 1 amide bonds. The molecule has 21 heavy (non-hydrogen) atoms. The van der Waals surface area contributed by atoms with E-state index in [4.69, 9.17) is 14.7 Å². The number of nitriles is 1. The third-order valence-corrected chi connectivity index (χ3v) is 3.54. The van der Waals surface area contributed by atoms with Crippen LogP contribution in [0.15, 0.2) is 30.3 Å². The standard InChI is InChI=1S/C16H20N2O3/c17-9-4-10-18(15-7-11-20-12-8-15)16(19)21-13-14-5-2-1-3-6-14/h1-3,5-6,15H,4,7-8,10-13H2. The molecular weight excluding hydrogens is 268 g/mol. The molecule has 1 fully saturated rings. The lowest BCUT2D eigenvalue weighted by Crippen LogP contribution is -2.44. The maximum absolute atomic E-state index is 12.3. The van der Waals surface area contributed by atoms with E-state index >= 15 is 0 Å². The largest absolute Gasteiger partial charge is 0.445 e. The Bertz CT molecular complexity index is 478. The number of hydrogen-bond donors (Lipinski definition) is 0. The second-order valence-electron chi connectivity index (χ2n) is 4.99. The number of ether oxygens (including phenoxy) is 2. The second-order valence-corrected chi connectivity index (χ2v) is 4.99. The first-order valence-corrected chi connectivity index (χ1v) is 7.23. The molecule has 0 saturated carbocycles. The molecule has 1 aliphatic rings. The van der Waals surface area contributed by atoms with Crippen molar-refractivity contribution in [1.29, 1.82) is 5.26 Å². The first-order valence-electron chi connectivity index (χ1n) is 7.23. The topological polar surface area (TPSA) is 62.6 Å². The summed E-state index contributed by atoms with van der Waals surface area (Å²) in [5.41, 5.74) is 0.957. The van der Waals surface area contributed by atoms with Crippen molar-refractivity contribution in [3.05, 3.63) is 35.9 Å². The van der Waals surface area contributed by atoms with Gasteiger partial charge >= 0.3 is 6.09 Å². The fourth-order valence-electron chi connectivity index (χ4n) is 2.39. The summed E-state index contributed by atoms with van der Waals surface area (Å²) in [5, 5.41) is 8.75. The van der Waals surface area contributed by atoms with E-state index in [1.54, 1.807) is 4.90 Å². The molecule has 2 rings (SSSR count). The number of rotatable bonds is 5. The van der Waals surface area contributed by atoms with Crippen molar-refractivity contribution in [2.45, 2.75) is 31.9 Å². The molecule has 1 aromatic rings. The van der Waals surface area contributed by atoms with Gasteiger partial charge in [-0.3, -0.25) is 0 Å². The van der Waals surface area contributed by atoms with Crippen LogP contribution in [-0.4, -0.2) is 36.8 Å². The SMILES string of the molecule is N#CCCN(C(=O)OCc1ccccc1)C1CCOCC1. The zero-order valence-electron chi connectivity index (χ0n) is 12.0. The van der Waals surface area contributed by atoms with Crippen LogP contribution in [0.3, 0.4) is 0 Å². The molecule has 0 N–H and O–H groups in total. The minimum Gasteiger partial charge on any atom is -0.445 e. The Labute approximate surface area is 125 Å². The Balaban J connectivity index is 1.91. The van der Waals surface area contributed by atoms with E-state index in [9.17, 15) is 4.79 Å². The van der Waals surface area contributed by atoms with Crippen LogP contribution >= 0.6 is 0 Å². The van der Waals surface area contributed by atoms with Crippen LogP contribution in [-0.2, 0) is 16.1 Å². The summed E-state index contributed by atoms with van der Waals surface area (Å²) in [6, 6.07) is 11.8. The van der Waals surface area contributed by atoms with Crippen LogP contribution in [0.4, 0.5) is 4.79 Å². The van der Waals surface area contributed by atoms with E-state index in [0.717, 1.165) is 18.4 Å². The van der Waals surface area contributed by atoms with Crippen LogP contribution < -0.4 is 0 Å². The van der Waals surface area contributed by atoms with Gasteiger partial charge in [-0.2, -0.15) is 5.26 Å². The van der Waals surface area contributed by atoms with E-state index in [-0.39, 0.29) is 18.7 Å². The molecule has 112 valence electrons. The van der Waals surface area contributed by atoms with Gasteiger partial charge in [0.15, 0.2) is 0 Å². The van der Waals surface area contributed by atoms with E-state index < -0.39 is 0 Å². The predicted molar refractivity (Wildman–Crippen MR) is 77.4 cm³/mol. The van der Waals surface area contributed by atoms with Crippen molar-refractivity contribution in [3.63, 3.8) is 0 Å².